The fourth-order valence-electron chi connectivity index (χ4n) is 1.38. The van der Waals surface area contributed by atoms with E-state index in [2.05, 4.69) is 26.0 Å². The molecule has 0 unspecified atom stereocenters. The van der Waals surface area contributed by atoms with Crippen LogP contribution in [0.2, 0.25) is 0 Å². The summed E-state index contributed by atoms with van der Waals surface area (Å²) in [5.41, 5.74) is 6.52. The third-order valence-electron chi connectivity index (χ3n) is 2.26. The summed E-state index contributed by atoms with van der Waals surface area (Å²) in [6, 6.07) is 5.01. The molecule has 0 saturated carbocycles. The lowest BCUT2D eigenvalue weighted by atomic mass is 10.1. The van der Waals surface area contributed by atoms with Crippen molar-refractivity contribution in [2.75, 3.05) is 25.1 Å². The van der Waals surface area contributed by atoms with Gasteiger partial charge in [-0.15, -0.1) is 0 Å². The molecule has 0 saturated heterocycles. The summed E-state index contributed by atoms with van der Waals surface area (Å²) >= 11 is 3.26. The van der Waals surface area contributed by atoms with Crippen LogP contribution in [-0.2, 0) is 10.0 Å². The van der Waals surface area contributed by atoms with Gasteiger partial charge in [0, 0.05) is 23.2 Å². The maximum absolute atomic E-state index is 11.8. The number of nitrogens with two attached hydrogens (primary N) is 1. The van der Waals surface area contributed by atoms with Gasteiger partial charge in [0.05, 0.1) is 11.8 Å². The molecule has 0 aliphatic heterocycles. The van der Waals surface area contributed by atoms with E-state index in [1.54, 1.807) is 18.2 Å². The van der Waals surface area contributed by atoms with E-state index in [1.165, 1.54) is 0 Å². The maximum atomic E-state index is 11.8. The lowest BCUT2D eigenvalue weighted by Crippen LogP contribution is -2.29. The van der Waals surface area contributed by atoms with Crippen molar-refractivity contribution in [2.24, 2.45) is 0 Å². The SMILES string of the molecule is CS(=O)(=O)NCCCNC(=O)c1ccc(Br)cc1N. The van der Waals surface area contributed by atoms with E-state index in [1.807, 2.05) is 0 Å². The zero-order valence-corrected chi connectivity index (χ0v) is 12.8. The molecule has 8 heteroatoms. The Morgan fingerprint density at radius 3 is 2.63 bits per heavy atom. The van der Waals surface area contributed by atoms with Gasteiger partial charge >= 0.3 is 0 Å². The summed E-state index contributed by atoms with van der Waals surface area (Å²) in [5.74, 6) is -0.274. The van der Waals surface area contributed by atoms with Gasteiger partial charge in [-0.1, -0.05) is 15.9 Å². The molecule has 0 fully saturated rings. The van der Waals surface area contributed by atoms with Crippen LogP contribution in [0.5, 0.6) is 0 Å². The molecule has 0 atom stereocenters. The largest absolute Gasteiger partial charge is 0.398 e. The minimum absolute atomic E-state index is 0.274. The molecule has 1 aromatic rings. The van der Waals surface area contributed by atoms with Crippen molar-refractivity contribution in [1.82, 2.24) is 10.0 Å². The van der Waals surface area contributed by atoms with Crippen LogP contribution >= 0.6 is 15.9 Å². The van der Waals surface area contributed by atoms with Crippen LogP contribution in [0.4, 0.5) is 5.69 Å². The number of nitrogens with one attached hydrogen (secondary N) is 2. The smallest absolute Gasteiger partial charge is 0.253 e. The van der Waals surface area contributed by atoms with Gasteiger partial charge < -0.3 is 11.1 Å². The van der Waals surface area contributed by atoms with E-state index >= 15 is 0 Å². The summed E-state index contributed by atoms with van der Waals surface area (Å²) in [4.78, 5) is 11.8. The van der Waals surface area contributed by atoms with Gasteiger partial charge in [-0.2, -0.15) is 0 Å². The Hall–Kier alpha value is -1.12. The van der Waals surface area contributed by atoms with Crippen LogP contribution in [0.1, 0.15) is 16.8 Å². The highest BCUT2D eigenvalue weighted by Gasteiger charge is 2.09. The molecule has 1 rings (SSSR count). The van der Waals surface area contributed by atoms with Crippen molar-refractivity contribution in [1.29, 1.82) is 0 Å². The molecule has 4 N–H and O–H groups in total. The molecule has 0 aliphatic carbocycles. The Balaban J connectivity index is 2.39. The van der Waals surface area contributed by atoms with Crippen LogP contribution in [0.25, 0.3) is 0 Å². The summed E-state index contributed by atoms with van der Waals surface area (Å²) in [6.07, 6.45) is 1.60. The van der Waals surface area contributed by atoms with Gasteiger partial charge in [-0.3, -0.25) is 4.79 Å². The highest BCUT2D eigenvalue weighted by atomic mass is 79.9. The Morgan fingerprint density at radius 1 is 1.37 bits per heavy atom. The predicted molar refractivity (Wildman–Crippen MR) is 78.4 cm³/mol. The number of hydrogen-bond donors (Lipinski definition) is 3. The first kappa shape index (κ1) is 15.9. The topological polar surface area (TPSA) is 101 Å². The van der Waals surface area contributed by atoms with Crippen molar-refractivity contribution >= 4 is 37.5 Å². The second kappa shape index (κ2) is 6.88. The Labute approximate surface area is 120 Å². The molecule has 0 spiro atoms. The highest BCUT2D eigenvalue weighted by molar-refractivity contribution is 9.10. The molecule has 0 bridgehead atoms. The molecular weight excluding hydrogens is 334 g/mol. The first-order valence-electron chi connectivity index (χ1n) is 5.57. The molecule has 1 aromatic carbocycles. The Bertz CT molecular complexity index is 560. The van der Waals surface area contributed by atoms with Gasteiger partial charge in [0.1, 0.15) is 0 Å². The third kappa shape index (κ3) is 6.04. The van der Waals surface area contributed by atoms with Crippen LogP contribution in [-0.4, -0.2) is 33.7 Å². The molecule has 19 heavy (non-hydrogen) atoms. The monoisotopic (exact) mass is 349 g/mol. The van der Waals surface area contributed by atoms with Crippen molar-refractivity contribution in [3.63, 3.8) is 0 Å². The van der Waals surface area contributed by atoms with Gasteiger partial charge in [-0.25, -0.2) is 13.1 Å². The van der Waals surface area contributed by atoms with Crippen LogP contribution in [0.3, 0.4) is 0 Å². The minimum atomic E-state index is -3.18. The summed E-state index contributed by atoms with van der Waals surface area (Å²) < 4.78 is 24.8. The number of carbonyl (C=O) groups excluding carboxylic acids is 1. The van der Waals surface area contributed by atoms with Crippen LogP contribution in [0, 0.1) is 0 Å². The van der Waals surface area contributed by atoms with Crippen molar-refractivity contribution in [3.05, 3.63) is 28.2 Å². The van der Waals surface area contributed by atoms with E-state index in [9.17, 15) is 13.2 Å². The average Bonchev–Trinajstić information content (AvgIpc) is 2.26. The molecule has 106 valence electrons. The van der Waals surface area contributed by atoms with Gasteiger partial charge in [0.15, 0.2) is 0 Å². The number of rotatable bonds is 6. The Kier molecular flexibility index (Phi) is 5.77. The van der Waals surface area contributed by atoms with Gasteiger partial charge in [0.2, 0.25) is 10.0 Å². The highest BCUT2D eigenvalue weighted by Crippen LogP contribution is 2.18. The van der Waals surface area contributed by atoms with Gasteiger partial charge in [0.25, 0.3) is 5.91 Å². The maximum Gasteiger partial charge on any atom is 0.253 e. The number of anilines is 1. The molecule has 0 radical (unpaired) electrons. The molecular formula is C11H16BrN3O3S. The second-order valence-electron chi connectivity index (χ2n) is 4.01. The van der Waals surface area contributed by atoms with Crippen LogP contribution in [0.15, 0.2) is 22.7 Å². The number of hydrogen-bond acceptors (Lipinski definition) is 4. The first-order chi connectivity index (χ1) is 8.79. The molecule has 0 aliphatic rings. The van der Waals surface area contributed by atoms with E-state index in [-0.39, 0.29) is 12.5 Å². The number of amides is 1. The zero-order chi connectivity index (χ0) is 14.5. The number of carbonyl (C=O) groups is 1. The number of sulfonamides is 1. The number of nitrogen functional groups attached to an aromatic ring is 1. The normalized spacial score (nSPS) is 11.3. The second-order valence-corrected chi connectivity index (χ2v) is 6.76. The molecule has 6 nitrogen and oxygen atoms in total. The van der Waals surface area contributed by atoms with Gasteiger partial charge in [-0.05, 0) is 24.6 Å². The van der Waals surface area contributed by atoms with E-state index in [0.29, 0.717) is 24.2 Å². The fourth-order valence-corrected chi connectivity index (χ4v) is 2.28. The molecule has 0 aromatic heterocycles. The third-order valence-corrected chi connectivity index (χ3v) is 3.48. The van der Waals surface area contributed by atoms with E-state index < -0.39 is 10.0 Å². The quantitative estimate of drug-likeness (QED) is 0.519. The fraction of sp³-hybridized carbons (Fsp3) is 0.364. The summed E-state index contributed by atoms with van der Waals surface area (Å²) in [5, 5.41) is 2.68. The minimum Gasteiger partial charge on any atom is -0.398 e. The predicted octanol–water partition coefficient (Wildman–Crippen LogP) is 0.700. The van der Waals surface area contributed by atoms with E-state index in [0.717, 1.165) is 10.7 Å². The summed E-state index contributed by atoms with van der Waals surface area (Å²) in [7, 11) is -3.18. The molecule has 0 heterocycles. The van der Waals surface area contributed by atoms with Crippen molar-refractivity contribution in [2.45, 2.75) is 6.42 Å². The first-order valence-corrected chi connectivity index (χ1v) is 8.26. The molecule has 1 amide bonds. The lowest BCUT2D eigenvalue weighted by Gasteiger charge is -2.08. The lowest BCUT2D eigenvalue weighted by molar-refractivity contribution is 0.0954. The standard InChI is InChI=1S/C11H16BrN3O3S/c1-19(17,18)15-6-2-5-14-11(16)9-4-3-8(12)7-10(9)13/h3-4,7,15H,2,5-6,13H2,1H3,(H,14,16). The Morgan fingerprint density at radius 2 is 2.05 bits per heavy atom. The van der Waals surface area contributed by atoms with Crippen LogP contribution < -0.4 is 15.8 Å². The average molecular weight is 350 g/mol. The van der Waals surface area contributed by atoms with Crippen molar-refractivity contribution in [3.8, 4) is 0 Å². The summed E-state index contributed by atoms with van der Waals surface area (Å²) in [6.45, 7) is 0.659. The van der Waals surface area contributed by atoms with Crippen molar-refractivity contribution < 1.29 is 13.2 Å². The zero-order valence-electron chi connectivity index (χ0n) is 10.4. The van der Waals surface area contributed by atoms with E-state index in [4.69, 9.17) is 5.73 Å². The number of benzene rings is 1. The number of halogens is 1.